The minimum atomic E-state index is -4.52. The molecule has 0 heterocycles. The lowest BCUT2D eigenvalue weighted by Crippen LogP contribution is -2.07. The van der Waals surface area contributed by atoms with E-state index in [1.165, 1.54) is 18.2 Å². The van der Waals surface area contributed by atoms with Crippen LogP contribution in [-0.2, 0) is 19.3 Å². The van der Waals surface area contributed by atoms with Crippen molar-refractivity contribution in [3.63, 3.8) is 0 Å². The maximum Gasteiger partial charge on any atom is 0.416 e. The van der Waals surface area contributed by atoms with Gasteiger partial charge in [-0.15, -0.1) is 0 Å². The third-order valence-corrected chi connectivity index (χ3v) is 2.79. The van der Waals surface area contributed by atoms with Crippen LogP contribution in [0.2, 0.25) is 0 Å². The zero-order valence-corrected chi connectivity index (χ0v) is 11.8. The third-order valence-electron chi connectivity index (χ3n) is 2.79. The molecule has 2 nitrogen and oxygen atoms in total. The predicted molar refractivity (Wildman–Crippen MR) is 73.5 cm³/mol. The summed E-state index contributed by atoms with van der Waals surface area (Å²) < 4.78 is 73.9. The summed E-state index contributed by atoms with van der Waals surface area (Å²) in [4.78, 5) is 0. The third kappa shape index (κ3) is 5.57. The Hall–Kier alpha value is -2.06. The molecule has 0 aromatic heterocycles. The Labute approximate surface area is 128 Å². The first-order valence-corrected chi connectivity index (χ1v) is 6.38. The lowest BCUT2D eigenvalue weighted by atomic mass is 10.1. The fourth-order valence-electron chi connectivity index (χ4n) is 1.66. The van der Waals surface area contributed by atoms with Crippen molar-refractivity contribution in [2.75, 3.05) is 0 Å². The van der Waals surface area contributed by atoms with Crippen LogP contribution in [0.1, 0.15) is 16.7 Å². The topological polar surface area (TPSA) is 52.0 Å². The van der Waals surface area contributed by atoms with Crippen molar-refractivity contribution in [2.45, 2.75) is 19.3 Å². The van der Waals surface area contributed by atoms with Gasteiger partial charge in [0, 0.05) is 18.7 Å². The number of hydrogen-bond acceptors (Lipinski definition) is 2. The Morgan fingerprint density at radius 1 is 0.826 bits per heavy atom. The highest BCUT2D eigenvalue weighted by molar-refractivity contribution is 5.26. The first-order valence-electron chi connectivity index (χ1n) is 6.38. The maximum absolute atomic E-state index is 12.6. The van der Waals surface area contributed by atoms with Gasteiger partial charge in [0.05, 0.1) is 5.56 Å². The van der Waals surface area contributed by atoms with Crippen LogP contribution >= 0.6 is 0 Å². The SMILES string of the molecule is NCc1c(F)cccc1F.NCc1cc(F)cc(C(F)(F)F)c1. The summed E-state index contributed by atoms with van der Waals surface area (Å²) in [6, 6.07) is 5.94. The van der Waals surface area contributed by atoms with Gasteiger partial charge in [-0.1, -0.05) is 6.07 Å². The Kier molecular flexibility index (Phi) is 6.59. The van der Waals surface area contributed by atoms with Crippen LogP contribution in [0, 0.1) is 17.5 Å². The molecule has 0 aliphatic rings. The van der Waals surface area contributed by atoms with Crippen molar-refractivity contribution < 1.29 is 26.3 Å². The van der Waals surface area contributed by atoms with Gasteiger partial charge < -0.3 is 11.5 Å². The van der Waals surface area contributed by atoms with Gasteiger partial charge in [0.15, 0.2) is 0 Å². The minimum absolute atomic E-state index is 0.0532. The average Bonchev–Trinajstić information content (AvgIpc) is 2.46. The quantitative estimate of drug-likeness (QED) is 0.821. The highest BCUT2D eigenvalue weighted by Gasteiger charge is 2.31. The Morgan fingerprint density at radius 3 is 1.78 bits per heavy atom. The molecule has 23 heavy (non-hydrogen) atoms. The Bertz CT molecular complexity index is 635. The molecular weight excluding hydrogens is 322 g/mol. The van der Waals surface area contributed by atoms with E-state index in [1.807, 2.05) is 0 Å². The summed E-state index contributed by atoms with van der Waals surface area (Å²) in [5, 5.41) is 0. The summed E-state index contributed by atoms with van der Waals surface area (Å²) in [5.74, 6) is -2.08. The molecule has 0 aliphatic heterocycles. The van der Waals surface area contributed by atoms with Crippen LogP contribution in [0.3, 0.4) is 0 Å². The van der Waals surface area contributed by atoms with E-state index in [4.69, 9.17) is 11.5 Å². The Balaban J connectivity index is 0.000000238. The van der Waals surface area contributed by atoms with Crippen molar-refractivity contribution in [2.24, 2.45) is 11.5 Å². The second kappa shape index (κ2) is 7.98. The molecule has 0 radical (unpaired) electrons. The molecule has 2 aromatic carbocycles. The number of halogens is 6. The van der Waals surface area contributed by atoms with Crippen molar-refractivity contribution in [1.82, 2.24) is 0 Å². The first-order chi connectivity index (χ1) is 10.7. The summed E-state index contributed by atoms with van der Waals surface area (Å²) >= 11 is 0. The molecule has 0 amide bonds. The van der Waals surface area contributed by atoms with E-state index < -0.39 is 29.2 Å². The zero-order valence-electron chi connectivity index (χ0n) is 11.8. The van der Waals surface area contributed by atoms with Gasteiger partial charge in [-0.3, -0.25) is 0 Å². The molecule has 0 bridgehead atoms. The standard InChI is InChI=1S/C8H7F4N.C7H7F2N/c9-7-2-5(4-13)1-6(3-7)8(10,11)12;8-6-2-1-3-7(9)5(6)4-10/h1-3H,4,13H2;1-3H,4,10H2. The average molecular weight is 336 g/mol. The number of rotatable bonds is 2. The van der Waals surface area contributed by atoms with E-state index in [9.17, 15) is 26.3 Å². The van der Waals surface area contributed by atoms with Crippen LogP contribution in [0.25, 0.3) is 0 Å². The van der Waals surface area contributed by atoms with Crippen LogP contribution in [-0.4, -0.2) is 0 Å². The van der Waals surface area contributed by atoms with Gasteiger partial charge in [-0.25, -0.2) is 13.2 Å². The lowest BCUT2D eigenvalue weighted by Gasteiger charge is -2.07. The summed E-state index contributed by atoms with van der Waals surface area (Å²) in [5.41, 5.74) is 9.24. The summed E-state index contributed by atoms with van der Waals surface area (Å²) in [7, 11) is 0. The molecule has 0 saturated heterocycles. The van der Waals surface area contributed by atoms with Gasteiger partial charge in [0.25, 0.3) is 0 Å². The molecule has 0 fully saturated rings. The van der Waals surface area contributed by atoms with Crippen LogP contribution < -0.4 is 11.5 Å². The highest BCUT2D eigenvalue weighted by Crippen LogP contribution is 2.30. The number of hydrogen-bond donors (Lipinski definition) is 2. The summed E-state index contributed by atoms with van der Waals surface area (Å²) in [6.07, 6.45) is -4.52. The van der Waals surface area contributed by atoms with E-state index >= 15 is 0 Å². The molecule has 2 aromatic rings. The fourth-order valence-corrected chi connectivity index (χ4v) is 1.66. The number of alkyl halides is 3. The largest absolute Gasteiger partial charge is 0.416 e. The highest BCUT2D eigenvalue weighted by atomic mass is 19.4. The maximum atomic E-state index is 12.6. The second-order valence-corrected chi connectivity index (χ2v) is 4.45. The van der Waals surface area contributed by atoms with E-state index in [0.717, 1.165) is 12.1 Å². The molecular formula is C15H14F6N2. The van der Waals surface area contributed by atoms with Crippen molar-refractivity contribution in [1.29, 1.82) is 0 Å². The van der Waals surface area contributed by atoms with Crippen molar-refractivity contribution >= 4 is 0 Å². The molecule has 0 unspecified atom stereocenters. The van der Waals surface area contributed by atoms with Crippen LogP contribution in [0.4, 0.5) is 26.3 Å². The smallest absolute Gasteiger partial charge is 0.326 e. The molecule has 2 rings (SSSR count). The number of benzene rings is 2. The molecule has 0 atom stereocenters. The van der Waals surface area contributed by atoms with Gasteiger partial charge in [0.2, 0.25) is 0 Å². The lowest BCUT2D eigenvalue weighted by molar-refractivity contribution is -0.137. The van der Waals surface area contributed by atoms with Gasteiger partial charge in [0.1, 0.15) is 17.5 Å². The van der Waals surface area contributed by atoms with Gasteiger partial charge in [-0.05, 0) is 35.9 Å². The molecule has 8 heteroatoms. The molecule has 0 saturated carbocycles. The fraction of sp³-hybridized carbons (Fsp3) is 0.200. The van der Waals surface area contributed by atoms with Crippen LogP contribution in [0.5, 0.6) is 0 Å². The predicted octanol–water partition coefficient (Wildman–Crippen LogP) is 3.73. The molecule has 0 aliphatic carbocycles. The molecule has 126 valence electrons. The minimum Gasteiger partial charge on any atom is -0.326 e. The van der Waals surface area contributed by atoms with Crippen molar-refractivity contribution in [3.05, 3.63) is 70.5 Å². The monoisotopic (exact) mass is 336 g/mol. The van der Waals surface area contributed by atoms with Crippen LogP contribution in [0.15, 0.2) is 36.4 Å². The molecule has 0 spiro atoms. The molecule has 4 N–H and O–H groups in total. The summed E-state index contributed by atoms with van der Waals surface area (Å²) in [6.45, 7) is -0.209. The van der Waals surface area contributed by atoms with E-state index in [-0.39, 0.29) is 24.2 Å². The normalized spacial score (nSPS) is 11.0. The number of nitrogens with two attached hydrogens (primary N) is 2. The van der Waals surface area contributed by atoms with E-state index in [0.29, 0.717) is 6.07 Å². The first kappa shape index (κ1) is 19.0. The van der Waals surface area contributed by atoms with E-state index in [2.05, 4.69) is 0 Å². The second-order valence-electron chi connectivity index (χ2n) is 4.45. The van der Waals surface area contributed by atoms with Gasteiger partial charge >= 0.3 is 6.18 Å². The Morgan fingerprint density at radius 2 is 1.39 bits per heavy atom. The van der Waals surface area contributed by atoms with Crippen molar-refractivity contribution in [3.8, 4) is 0 Å². The van der Waals surface area contributed by atoms with Gasteiger partial charge in [-0.2, -0.15) is 13.2 Å². The van der Waals surface area contributed by atoms with E-state index in [1.54, 1.807) is 0 Å². The zero-order chi connectivity index (χ0) is 17.6.